The molecule has 14 nitrogen and oxygen atoms in total. The minimum atomic E-state index is -1.28. The Morgan fingerprint density at radius 2 is 1.57 bits per heavy atom. The van der Waals surface area contributed by atoms with Gasteiger partial charge in [0.2, 0.25) is 23.6 Å². The maximum absolute atomic E-state index is 13.1. The first-order valence-corrected chi connectivity index (χ1v) is 12.3. The van der Waals surface area contributed by atoms with E-state index in [1.807, 2.05) is 13.8 Å². The van der Waals surface area contributed by atoms with Gasteiger partial charge < -0.3 is 43.2 Å². The molecular formula is C23H40N8O6. The van der Waals surface area contributed by atoms with Gasteiger partial charge in [-0.15, -0.1) is 0 Å². The third-order valence-electron chi connectivity index (χ3n) is 5.55. The third kappa shape index (κ3) is 12.3. The number of nitrogens with two attached hydrogens (primary N) is 3. The van der Waals surface area contributed by atoms with Crippen molar-refractivity contribution in [2.24, 2.45) is 23.1 Å². The molecule has 11 N–H and O–H groups in total. The summed E-state index contributed by atoms with van der Waals surface area (Å²) in [7, 11) is 0. The van der Waals surface area contributed by atoms with Gasteiger partial charge in [-0.25, -0.2) is 9.78 Å². The average molecular weight is 525 g/mol. The molecule has 1 heterocycles. The highest BCUT2D eigenvalue weighted by Crippen LogP contribution is 2.08. The molecule has 0 radical (unpaired) electrons. The van der Waals surface area contributed by atoms with Crippen LogP contribution in [0.15, 0.2) is 12.5 Å². The minimum Gasteiger partial charge on any atom is -0.480 e. The standard InChI is InChI=1S/C23H40N8O6/c1-13(2)9-15(25)20(33)29-17(6-7-19(26)32)22(35)30-16(5-3-4-8-24)21(34)31-18(23(36)37)10-14-11-27-12-28-14/h11-13,15-18H,3-10,24-25H2,1-2H3,(H2,26,32)(H,27,28)(H,29,33)(H,30,35)(H,31,34)(H,36,37). The topological polar surface area (TPSA) is 248 Å². The van der Waals surface area contributed by atoms with Crippen LogP contribution in [0.4, 0.5) is 0 Å². The van der Waals surface area contributed by atoms with Crippen LogP contribution in [0.25, 0.3) is 0 Å². The normalized spacial score (nSPS) is 14.3. The van der Waals surface area contributed by atoms with Crippen molar-refractivity contribution >= 4 is 29.6 Å². The first kappa shape index (κ1) is 31.5. The van der Waals surface area contributed by atoms with Gasteiger partial charge in [-0.05, 0) is 44.6 Å². The van der Waals surface area contributed by atoms with Crippen LogP contribution in [-0.2, 0) is 30.4 Å². The fourth-order valence-electron chi connectivity index (χ4n) is 3.57. The Morgan fingerprint density at radius 1 is 0.973 bits per heavy atom. The molecule has 0 aliphatic rings. The number of carboxylic acid groups (broad SMARTS) is 1. The van der Waals surface area contributed by atoms with E-state index < -0.39 is 53.8 Å². The quantitative estimate of drug-likeness (QED) is 0.101. The van der Waals surface area contributed by atoms with Gasteiger partial charge in [-0.1, -0.05) is 13.8 Å². The van der Waals surface area contributed by atoms with Crippen molar-refractivity contribution in [1.82, 2.24) is 25.9 Å². The molecule has 208 valence electrons. The molecule has 4 unspecified atom stereocenters. The molecule has 0 saturated heterocycles. The SMILES string of the molecule is CC(C)CC(N)C(=O)NC(CCC(N)=O)C(=O)NC(CCCCN)C(=O)NC(Cc1cnc[nH]1)C(=O)O. The molecular weight excluding hydrogens is 484 g/mol. The monoisotopic (exact) mass is 524 g/mol. The Morgan fingerprint density at radius 3 is 2.08 bits per heavy atom. The Kier molecular flexibility index (Phi) is 13.9. The van der Waals surface area contributed by atoms with E-state index in [-0.39, 0.29) is 31.6 Å². The van der Waals surface area contributed by atoms with Crippen molar-refractivity contribution in [1.29, 1.82) is 0 Å². The molecule has 0 saturated carbocycles. The summed E-state index contributed by atoms with van der Waals surface area (Å²) in [5.41, 5.74) is 17.2. The molecule has 4 atom stereocenters. The van der Waals surface area contributed by atoms with Crippen LogP contribution >= 0.6 is 0 Å². The zero-order valence-electron chi connectivity index (χ0n) is 21.4. The molecule has 0 aromatic carbocycles. The second-order valence-corrected chi connectivity index (χ2v) is 9.33. The van der Waals surface area contributed by atoms with E-state index in [9.17, 15) is 29.1 Å². The molecule has 37 heavy (non-hydrogen) atoms. The van der Waals surface area contributed by atoms with Gasteiger partial charge in [-0.2, -0.15) is 0 Å². The summed E-state index contributed by atoms with van der Waals surface area (Å²) in [6.07, 6.45) is 4.10. The average Bonchev–Trinajstić information content (AvgIpc) is 3.32. The number of unbranched alkanes of at least 4 members (excludes halogenated alkanes) is 1. The molecule has 1 aromatic heterocycles. The van der Waals surface area contributed by atoms with Gasteiger partial charge in [0.25, 0.3) is 0 Å². The van der Waals surface area contributed by atoms with Crippen LogP contribution in [0, 0.1) is 5.92 Å². The third-order valence-corrected chi connectivity index (χ3v) is 5.55. The highest BCUT2D eigenvalue weighted by atomic mass is 16.4. The molecule has 0 fully saturated rings. The number of amides is 4. The van der Waals surface area contributed by atoms with Crippen LogP contribution in [0.5, 0.6) is 0 Å². The lowest BCUT2D eigenvalue weighted by Crippen LogP contribution is -2.57. The summed E-state index contributed by atoms with van der Waals surface area (Å²) in [5.74, 6) is -3.81. The van der Waals surface area contributed by atoms with E-state index in [0.717, 1.165) is 0 Å². The number of aromatic nitrogens is 2. The van der Waals surface area contributed by atoms with E-state index in [1.54, 1.807) is 0 Å². The lowest BCUT2D eigenvalue weighted by molar-refractivity contribution is -0.142. The molecule has 1 aromatic rings. The van der Waals surface area contributed by atoms with E-state index in [0.29, 0.717) is 31.5 Å². The summed E-state index contributed by atoms with van der Waals surface area (Å²) >= 11 is 0. The number of hydrogen-bond donors (Lipinski definition) is 8. The van der Waals surface area contributed by atoms with Crippen LogP contribution in [-0.4, -0.2) is 75.4 Å². The van der Waals surface area contributed by atoms with Crippen molar-refractivity contribution in [3.8, 4) is 0 Å². The smallest absolute Gasteiger partial charge is 0.326 e. The number of nitrogens with zero attached hydrogens (tertiary/aromatic N) is 1. The van der Waals surface area contributed by atoms with E-state index >= 15 is 0 Å². The number of aromatic amines is 1. The second-order valence-electron chi connectivity index (χ2n) is 9.33. The summed E-state index contributed by atoms with van der Waals surface area (Å²) < 4.78 is 0. The number of carbonyl (C=O) groups excluding carboxylic acids is 4. The van der Waals surface area contributed by atoms with Crippen LogP contribution < -0.4 is 33.2 Å². The number of primary amides is 1. The van der Waals surface area contributed by atoms with Gasteiger partial charge in [0.1, 0.15) is 18.1 Å². The lowest BCUT2D eigenvalue weighted by Gasteiger charge is -2.25. The second kappa shape index (κ2) is 16.3. The number of carboxylic acids is 1. The maximum atomic E-state index is 13.1. The molecule has 0 bridgehead atoms. The highest BCUT2D eigenvalue weighted by molar-refractivity contribution is 5.94. The molecule has 4 amide bonds. The van der Waals surface area contributed by atoms with E-state index in [1.165, 1.54) is 12.5 Å². The largest absolute Gasteiger partial charge is 0.480 e. The van der Waals surface area contributed by atoms with Crippen LogP contribution in [0.3, 0.4) is 0 Å². The zero-order chi connectivity index (χ0) is 28.0. The molecule has 14 heteroatoms. The molecule has 1 rings (SSSR count). The van der Waals surface area contributed by atoms with Gasteiger partial charge >= 0.3 is 5.97 Å². The van der Waals surface area contributed by atoms with Crippen molar-refractivity contribution < 1.29 is 29.1 Å². The van der Waals surface area contributed by atoms with Crippen molar-refractivity contribution in [3.63, 3.8) is 0 Å². The fourth-order valence-corrected chi connectivity index (χ4v) is 3.57. The molecule has 0 aliphatic heterocycles. The summed E-state index contributed by atoms with van der Waals surface area (Å²) in [5, 5.41) is 17.1. The van der Waals surface area contributed by atoms with Gasteiger partial charge in [-0.3, -0.25) is 19.2 Å². The van der Waals surface area contributed by atoms with Crippen LogP contribution in [0.1, 0.15) is 58.1 Å². The first-order chi connectivity index (χ1) is 17.4. The van der Waals surface area contributed by atoms with Crippen molar-refractivity contribution in [2.75, 3.05) is 6.54 Å². The number of H-pyrrole nitrogens is 1. The number of carbonyl (C=O) groups is 5. The van der Waals surface area contributed by atoms with E-state index in [4.69, 9.17) is 17.2 Å². The molecule has 0 spiro atoms. The Balaban J connectivity index is 3.00. The van der Waals surface area contributed by atoms with Crippen molar-refractivity contribution in [3.05, 3.63) is 18.2 Å². The predicted octanol–water partition coefficient (Wildman–Crippen LogP) is -1.74. The number of rotatable bonds is 18. The number of hydrogen-bond acceptors (Lipinski definition) is 8. The highest BCUT2D eigenvalue weighted by Gasteiger charge is 2.30. The van der Waals surface area contributed by atoms with Crippen molar-refractivity contribution in [2.45, 2.75) is 83.0 Å². The molecule has 0 aliphatic carbocycles. The Labute approximate surface area is 215 Å². The van der Waals surface area contributed by atoms with Gasteiger partial charge in [0.15, 0.2) is 0 Å². The predicted molar refractivity (Wildman–Crippen MR) is 134 cm³/mol. The summed E-state index contributed by atoms with van der Waals surface area (Å²) in [6.45, 7) is 4.16. The number of aliphatic carboxylic acids is 1. The maximum Gasteiger partial charge on any atom is 0.326 e. The van der Waals surface area contributed by atoms with E-state index in [2.05, 4.69) is 25.9 Å². The number of imidazole rings is 1. The summed E-state index contributed by atoms with van der Waals surface area (Å²) in [4.78, 5) is 68.3. The minimum absolute atomic E-state index is 0.0461. The Bertz CT molecular complexity index is 892. The fraction of sp³-hybridized carbons (Fsp3) is 0.652. The number of nitrogens with one attached hydrogen (secondary N) is 4. The Hall–Kier alpha value is -3.52. The summed E-state index contributed by atoms with van der Waals surface area (Å²) in [6, 6.07) is -4.43. The van der Waals surface area contributed by atoms with Gasteiger partial charge in [0, 0.05) is 24.7 Å². The lowest BCUT2D eigenvalue weighted by atomic mass is 10.0. The van der Waals surface area contributed by atoms with Gasteiger partial charge in [0.05, 0.1) is 12.4 Å². The van der Waals surface area contributed by atoms with Crippen LogP contribution in [0.2, 0.25) is 0 Å². The zero-order valence-corrected chi connectivity index (χ0v) is 21.4. The first-order valence-electron chi connectivity index (χ1n) is 12.3.